The van der Waals surface area contributed by atoms with Crippen molar-refractivity contribution in [3.8, 4) is 5.75 Å². The van der Waals surface area contributed by atoms with Crippen molar-refractivity contribution in [2.45, 2.75) is 6.61 Å². The highest BCUT2D eigenvalue weighted by Gasteiger charge is 2.04. The highest BCUT2D eigenvalue weighted by atomic mass is 35.5. The summed E-state index contributed by atoms with van der Waals surface area (Å²) in [4.78, 5) is 10.6. The van der Waals surface area contributed by atoms with Gasteiger partial charge < -0.3 is 9.84 Å². The Labute approximate surface area is 132 Å². The van der Waals surface area contributed by atoms with Gasteiger partial charge in [-0.05, 0) is 42.0 Å². The Balaban J connectivity index is 2.17. The molecule has 108 valence electrons. The largest absolute Gasteiger partial charge is 0.488 e. The molecule has 3 nitrogen and oxygen atoms in total. The van der Waals surface area contributed by atoms with E-state index in [1.54, 1.807) is 24.3 Å². The van der Waals surface area contributed by atoms with Crippen LogP contribution >= 0.6 is 23.2 Å². The van der Waals surface area contributed by atoms with Gasteiger partial charge in [-0.2, -0.15) is 0 Å². The van der Waals surface area contributed by atoms with E-state index in [2.05, 4.69) is 0 Å². The number of carbonyl (C=O) groups is 1. The Hall–Kier alpha value is -1.97. The van der Waals surface area contributed by atoms with Crippen molar-refractivity contribution in [1.82, 2.24) is 0 Å². The zero-order chi connectivity index (χ0) is 15.2. The summed E-state index contributed by atoms with van der Waals surface area (Å²) in [7, 11) is 0. The molecule has 2 rings (SSSR count). The fourth-order valence-corrected chi connectivity index (χ4v) is 2.12. The molecule has 0 unspecified atom stereocenters. The van der Waals surface area contributed by atoms with Crippen LogP contribution in [0.5, 0.6) is 5.75 Å². The zero-order valence-electron chi connectivity index (χ0n) is 10.9. The fraction of sp³-hybridized carbons (Fsp3) is 0.0625. The van der Waals surface area contributed by atoms with Gasteiger partial charge in [0.05, 0.1) is 0 Å². The minimum Gasteiger partial charge on any atom is -0.488 e. The molecule has 0 saturated heterocycles. The second-order valence-electron chi connectivity index (χ2n) is 4.27. The first-order valence-electron chi connectivity index (χ1n) is 6.12. The molecule has 1 N–H and O–H groups in total. The van der Waals surface area contributed by atoms with E-state index in [-0.39, 0.29) is 0 Å². The number of hydrogen-bond donors (Lipinski definition) is 1. The number of carboxylic acids is 1. The quantitative estimate of drug-likeness (QED) is 0.813. The van der Waals surface area contributed by atoms with E-state index in [1.165, 1.54) is 6.08 Å². The molecule has 5 heteroatoms. The highest BCUT2D eigenvalue weighted by Crippen LogP contribution is 2.25. The molecule has 0 aliphatic rings. The van der Waals surface area contributed by atoms with Crippen LogP contribution in [0, 0.1) is 0 Å². The lowest BCUT2D eigenvalue weighted by Gasteiger charge is -2.10. The second-order valence-corrected chi connectivity index (χ2v) is 5.15. The molecule has 0 aliphatic heterocycles. The summed E-state index contributed by atoms with van der Waals surface area (Å²) < 4.78 is 5.70. The summed E-state index contributed by atoms with van der Waals surface area (Å²) in [5.74, 6) is -0.479. The van der Waals surface area contributed by atoms with E-state index in [0.29, 0.717) is 28.0 Å². The number of carboxylic acid groups (broad SMARTS) is 1. The number of benzene rings is 2. The van der Waals surface area contributed by atoms with Crippen LogP contribution in [0.25, 0.3) is 6.08 Å². The first kappa shape index (κ1) is 15.4. The summed E-state index contributed by atoms with van der Waals surface area (Å²) in [5, 5.41) is 9.84. The van der Waals surface area contributed by atoms with Gasteiger partial charge in [-0.25, -0.2) is 4.79 Å². The maximum Gasteiger partial charge on any atom is 0.328 e. The van der Waals surface area contributed by atoms with Crippen LogP contribution in [0.1, 0.15) is 11.1 Å². The third kappa shape index (κ3) is 4.81. The number of halogens is 2. The van der Waals surface area contributed by atoms with Crippen LogP contribution in [-0.4, -0.2) is 11.1 Å². The lowest BCUT2D eigenvalue weighted by atomic mass is 10.2. The van der Waals surface area contributed by atoms with E-state index in [1.807, 2.05) is 18.2 Å². The van der Waals surface area contributed by atoms with Gasteiger partial charge in [0.25, 0.3) is 0 Å². The predicted octanol–water partition coefficient (Wildman–Crippen LogP) is 4.67. The molecule has 0 aliphatic carbocycles. The minimum atomic E-state index is -1.03. The molecule has 0 aromatic heterocycles. The molecular formula is C16H12Cl2O3. The molecule has 2 aromatic carbocycles. The summed E-state index contributed by atoms with van der Waals surface area (Å²) in [5.41, 5.74) is 1.53. The summed E-state index contributed by atoms with van der Waals surface area (Å²) in [6.45, 7) is 0.329. The predicted molar refractivity (Wildman–Crippen MR) is 83.9 cm³/mol. The van der Waals surface area contributed by atoms with Crippen molar-refractivity contribution in [3.63, 3.8) is 0 Å². The zero-order valence-corrected chi connectivity index (χ0v) is 12.4. The summed E-state index contributed by atoms with van der Waals surface area (Å²) in [6.07, 6.45) is 2.49. The minimum absolute atomic E-state index is 0.329. The SMILES string of the molecule is O=C(O)/C=C/c1cc(Cl)ccc1OCc1cccc(Cl)c1. The van der Waals surface area contributed by atoms with E-state index in [0.717, 1.165) is 11.6 Å². The first-order chi connectivity index (χ1) is 10.0. The van der Waals surface area contributed by atoms with Crippen molar-refractivity contribution >= 4 is 35.2 Å². The molecule has 2 aromatic rings. The molecule has 0 atom stereocenters. The first-order valence-corrected chi connectivity index (χ1v) is 6.88. The summed E-state index contributed by atoms with van der Waals surface area (Å²) >= 11 is 11.8. The molecule has 0 saturated carbocycles. The van der Waals surface area contributed by atoms with Crippen LogP contribution in [0.15, 0.2) is 48.5 Å². The maximum atomic E-state index is 10.6. The van der Waals surface area contributed by atoms with Crippen LogP contribution in [0.3, 0.4) is 0 Å². The molecule has 0 amide bonds. The molecule has 0 fully saturated rings. The monoisotopic (exact) mass is 322 g/mol. The van der Waals surface area contributed by atoms with Crippen LogP contribution < -0.4 is 4.74 Å². The Bertz CT molecular complexity index is 681. The second kappa shape index (κ2) is 7.16. The third-order valence-corrected chi connectivity index (χ3v) is 3.13. The summed E-state index contributed by atoms with van der Waals surface area (Å²) in [6, 6.07) is 12.4. The van der Waals surface area contributed by atoms with Gasteiger partial charge in [-0.1, -0.05) is 35.3 Å². The number of hydrogen-bond acceptors (Lipinski definition) is 2. The van der Waals surface area contributed by atoms with Crippen LogP contribution in [-0.2, 0) is 11.4 Å². The number of aliphatic carboxylic acids is 1. The Morgan fingerprint density at radius 1 is 1.14 bits per heavy atom. The van der Waals surface area contributed by atoms with E-state index in [9.17, 15) is 4.79 Å². The standard InChI is InChI=1S/C16H12Cl2O3/c17-13-3-1-2-11(8-13)10-21-15-6-5-14(18)9-12(15)4-7-16(19)20/h1-9H,10H2,(H,19,20)/b7-4+. The lowest BCUT2D eigenvalue weighted by molar-refractivity contribution is -0.131. The third-order valence-electron chi connectivity index (χ3n) is 2.66. The molecule has 0 bridgehead atoms. The molecule has 0 heterocycles. The van der Waals surface area contributed by atoms with Gasteiger partial charge in [0, 0.05) is 21.7 Å². The van der Waals surface area contributed by atoms with Crippen LogP contribution in [0.2, 0.25) is 10.0 Å². The molecule has 0 spiro atoms. The average molecular weight is 323 g/mol. The van der Waals surface area contributed by atoms with Gasteiger partial charge in [-0.3, -0.25) is 0 Å². The van der Waals surface area contributed by atoms with Crippen molar-refractivity contribution in [1.29, 1.82) is 0 Å². The van der Waals surface area contributed by atoms with Gasteiger partial charge in [-0.15, -0.1) is 0 Å². The van der Waals surface area contributed by atoms with E-state index in [4.69, 9.17) is 33.0 Å². The van der Waals surface area contributed by atoms with Gasteiger partial charge >= 0.3 is 5.97 Å². The van der Waals surface area contributed by atoms with Crippen molar-refractivity contribution in [2.24, 2.45) is 0 Å². The highest BCUT2D eigenvalue weighted by molar-refractivity contribution is 6.31. The van der Waals surface area contributed by atoms with Crippen molar-refractivity contribution in [3.05, 3.63) is 69.7 Å². The number of rotatable bonds is 5. The lowest BCUT2D eigenvalue weighted by Crippen LogP contribution is -1.97. The van der Waals surface area contributed by atoms with Crippen LogP contribution in [0.4, 0.5) is 0 Å². The van der Waals surface area contributed by atoms with E-state index < -0.39 is 5.97 Å². The fourth-order valence-electron chi connectivity index (χ4n) is 1.73. The van der Waals surface area contributed by atoms with Gasteiger partial charge in [0.15, 0.2) is 0 Å². The van der Waals surface area contributed by atoms with Crippen molar-refractivity contribution < 1.29 is 14.6 Å². The maximum absolute atomic E-state index is 10.6. The normalized spacial score (nSPS) is 10.8. The Morgan fingerprint density at radius 3 is 2.62 bits per heavy atom. The number of ether oxygens (including phenoxy) is 1. The van der Waals surface area contributed by atoms with E-state index >= 15 is 0 Å². The Morgan fingerprint density at radius 2 is 1.90 bits per heavy atom. The van der Waals surface area contributed by atoms with Gasteiger partial charge in [0.1, 0.15) is 12.4 Å². The molecular weight excluding hydrogens is 311 g/mol. The molecule has 0 radical (unpaired) electrons. The topological polar surface area (TPSA) is 46.5 Å². The smallest absolute Gasteiger partial charge is 0.328 e. The average Bonchev–Trinajstić information content (AvgIpc) is 2.44. The molecule has 21 heavy (non-hydrogen) atoms. The van der Waals surface area contributed by atoms with Crippen molar-refractivity contribution in [2.75, 3.05) is 0 Å². The Kier molecular flexibility index (Phi) is 5.26. The van der Waals surface area contributed by atoms with Gasteiger partial charge in [0.2, 0.25) is 0 Å².